The second-order valence-electron chi connectivity index (χ2n) is 3.29. The smallest absolute Gasteiger partial charge is 0.333 e. The fourth-order valence-corrected chi connectivity index (χ4v) is 1.50. The van der Waals surface area contributed by atoms with Gasteiger partial charge in [0.2, 0.25) is 0 Å². The van der Waals surface area contributed by atoms with Crippen molar-refractivity contribution < 1.29 is 9.53 Å². The normalized spacial score (nSPS) is 23.9. The van der Waals surface area contributed by atoms with Crippen molar-refractivity contribution in [3.63, 3.8) is 0 Å². The van der Waals surface area contributed by atoms with Crippen LogP contribution in [-0.4, -0.2) is 12.6 Å². The van der Waals surface area contributed by atoms with Gasteiger partial charge in [0.15, 0.2) is 0 Å². The minimum Gasteiger partial charge on any atom is -0.462 e. The van der Waals surface area contributed by atoms with E-state index >= 15 is 0 Å². The van der Waals surface area contributed by atoms with E-state index in [9.17, 15) is 4.79 Å². The molecular weight excluding hydrogens is 152 g/mol. The van der Waals surface area contributed by atoms with E-state index in [-0.39, 0.29) is 5.97 Å². The van der Waals surface area contributed by atoms with Gasteiger partial charge in [-0.2, -0.15) is 0 Å². The van der Waals surface area contributed by atoms with Crippen LogP contribution in [0.25, 0.3) is 0 Å². The third kappa shape index (κ3) is 2.10. The summed E-state index contributed by atoms with van der Waals surface area (Å²) < 4.78 is 4.86. The lowest BCUT2D eigenvalue weighted by Crippen LogP contribution is -2.23. The van der Waals surface area contributed by atoms with Crippen molar-refractivity contribution in [2.45, 2.75) is 32.6 Å². The van der Waals surface area contributed by atoms with E-state index in [4.69, 9.17) is 4.74 Å². The molecule has 0 aromatic carbocycles. The number of cyclic esters (lactones) is 1. The second-order valence-corrected chi connectivity index (χ2v) is 3.29. The number of unbranched alkanes of at least 4 members (excludes halogenated alkanes) is 1. The highest BCUT2D eigenvalue weighted by Gasteiger charge is 2.24. The van der Waals surface area contributed by atoms with Crippen molar-refractivity contribution in [2.75, 3.05) is 6.61 Å². The summed E-state index contributed by atoms with van der Waals surface area (Å²) in [5.74, 6) is 0.188. The maximum Gasteiger partial charge on any atom is 0.333 e. The summed E-state index contributed by atoms with van der Waals surface area (Å²) in [7, 11) is 0. The summed E-state index contributed by atoms with van der Waals surface area (Å²) in [6.07, 6.45) is 4.41. The maximum absolute atomic E-state index is 11.0. The summed E-state index contributed by atoms with van der Waals surface area (Å²) in [4.78, 5) is 11.0. The Bertz CT molecular complexity index is 184. The number of ether oxygens (including phenoxy) is 1. The molecule has 0 spiro atoms. The largest absolute Gasteiger partial charge is 0.462 e. The molecule has 1 heterocycles. The molecule has 0 amide bonds. The van der Waals surface area contributed by atoms with Crippen molar-refractivity contribution in [1.82, 2.24) is 0 Å². The topological polar surface area (TPSA) is 26.3 Å². The molecule has 1 aliphatic rings. The molecule has 2 heteroatoms. The highest BCUT2D eigenvalue weighted by molar-refractivity contribution is 5.88. The van der Waals surface area contributed by atoms with E-state index < -0.39 is 0 Å². The summed E-state index contributed by atoms with van der Waals surface area (Å²) in [6.45, 7) is 6.49. The molecule has 1 unspecified atom stereocenters. The highest BCUT2D eigenvalue weighted by atomic mass is 16.5. The third-order valence-corrected chi connectivity index (χ3v) is 2.36. The van der Waals surface area contributed by atoms with Gasteiger partial charge in [0.25, 0.3) is 0 Å². The van der Waals surface area contributed by atoms with Gasteiger partial charge < -0.3 is 4.74 Å². The third-order valence-electron chi connectivity index (χ3n) is 2.36. The van der Waals surface area contributed by atoms with E-state index in [1.165, 1.54) is 12.8 Å². The van der Waals surface area contributed by atoms with Crippen LogP contribution in [0.15, 0.2) is 12.2 Å². The number of esters is 1. The first-order valence-corrected chi connectivity index (χ1v) is 4.61. The standard InChI is InChI=1S/C10H16O2/c1-3-4-5-9-6-7-12-10(11)8(9)2/h9H,2-7H2,1H3. The molecule has 68 valence electrons. The van der Waals surface area contributed by atoms with Gasteiger partial charge in [-0.25, -0.2) is 4.79 Å². The highest BCUT2D eigenvalue weighted by Crippen LogP contribution is 2.25. The quantitative estimate of drug-likeness (QED) is 0.477. The monoisotopic (exact) mass is 168 g/mol. The number of carbonyl (C=O) groups is 1. The molecule has 0 aromatic rings. The number of hydrogen-bond acceptors (Lipinski definition) is 2. The van der Waals surface area contributed by atoms with Crippen LogP contribution in [0.5, 0.6) is 0 Å². The predicted molar refractivity (Wildman–Crippen MR) is 47.7 cm³/mol. The van der Waals surface area contributed by atoms with Gasteiger partial charge in [-0.05, 0) is 18.8 Å². The van der Waals surface area contributed by atoms with E-state index in [2.05, 4.69) is 13.5 Å². The molecule has 0 bridgehead atoms. The molecule has 1 rings (SSSR count). The lowest BCUT2D eigenvalue weighted by Gasteiger charge is -2.23. The first-order valence-electron chi connectivity index (χ1n) is 4.61. The van der Waals surface area contributed by atoms with E-state index in [0.29, 0.717) is 18.1 Å². The number of hydrogen-bond donors (Lipinski definition) is 0. The van der Waals surface area contributed by atoms with E-state index in [1.54, 1.807) is 0 Å². The Morgan fingerprint density at radius 3 is 3.08 bits per heavy atom. The van der Waals surface area contributed by atoms with E-state index in [1.807, 2.05) is 0 Å². The van der Waals surface area contributed by atoms with Crippen LogP contribution in [0.1, 0.15) is 32.6 Å². The zero-order chi connectivity index (χ0) is 8.97. The zero-order valence-corrected chi connectivity index (χ0v) is 7.64. The van der Waals surface area contributed by atoms with E-state index in [0.717, 1.165) is 12.8 Å². The first kappa shape index (κ1) is 9.30. The lowest BCUT2D eigenvalue weighted by atomic mass is 9.90. The average molecular weight is 168 g/mol. The van der Waals surface area contributed by atoms with Crippen LogP contribution in [0.3, 0.4) is 0 Å². The fraction of sp³-hybridized carbons (Fsp3) is 0.700. The molecule has 0 aliphatic carbocycles. The molecule has 0 aromatic heterocycles. The first-order chi connectivity index (χ1) is 5.75. The summed E-state index contributed by atoms with van der Waals surface area (Å²) in [5.41, 5.74) is 0.676. The van der Waals surface area contributed by atoms with Crippen LogP contribution in [0, 0.1) is 5.92 Å². The molecule has 1 fully saturated rings. The molecule has 0 saturated carbocycles. The van der Waals surface area contributed by atoms with Crippen LogP contribution < -0.4 is 0 Å². The van der Waals surface area contributed by atoms with Crippen molar-refractivity contribution >= 4 is 5.97 Å². The molecule has 1 atom stereocenters. The Labute approximate surface area is 73.6 Å². The van der Waals surface area contributed by atoms with Crippen LogP contribution in [0.2, 0.25) is 0 Å². The molecule has 0 N–H and O–H groups in total. The Balaban J connectivity index is 2.41. The second kappa shape index (κ2) is 4.29. The average Bonchev–Trinajstić information content (AvgIpc) is 2.08. The molecule has 2 nitrogen and oxygen atoms in total. The Morgan fingerprint density at radius 1 is 1.67 bits per heavy atom. The van der Waals surface area contributed by atoms with Crippen LogP contribution in [-0.2, 0) is 9.53 Å². The lowest BCUT2D eigenvalue weighted by molar-refractivity contribution is -0.142. The van der Waals surface area contributed by atoms with Gasteiger partial charge in [-0.3, -0.25) is 0 Å². The van der Waals surface area contributed by atoms with Gasteiger partial charge in [0, 0.05) is 5.57 Å². The minimum absolute atomic E-state index is 0.192. The van der Waals surface area contributed by atoms with Gasteiger partial charge in [0.05, 0.1) is 6.61 Å². The van der Waals surface area contributed by atoms with Gasteiger partial charge in [-0.15, -0.1) is 0 Å². The number of carbonyl (C=O) groups excluding carboxylic acids is 1. The molecule has 0 radical (unpaired) electrons. The summed E-state index contributed by atoms with van der Waals surface area (Å²) >= 11 is 0. The minimum atomic E-state index is -0.192. The van der Waals surface area contributed by atoms with Crippen LogP contribution in [0.4, 0.5) is 0 Å². The summed E-state index contributed by atoms with van der Waals surface area (Å²) in [6, 6.07) is 0. The van der Waals surface area contributed by atoms with Crippen molar-refractivity contribution in [2.24, 2.45) is 5.92 Å². The van der Waals surface area contributed by atoms with Gasteiger partial charge >= 0.3 is 5.97 Å². The van der Waals surface area contributed by atoms with Crippen molar-refractivity contribution in [3.05, 3.63) is 12.2 Å². The Kier molecular flexibility index (Phi) is 3.32. The number of rotatable bonds is 3. The summed E-state index contributed by atoms with van der Waals surface area (Å²) in [5, 5.41) is 0. The molecule has 1 aliphatic heterocycles. The zero-order valence-electron chi connectivity index (χ0n) is 7.64. The molecule has 1 saturated heterocycles. The Morgan fingerprint density at radius 2 is 2.42 bits per heavy atom. The molecular formula is C10H16O2. The fourth-order valence-electron chi connectivity index (χ4n) is 1.50. The van der Waals surface area contributed by atoms with Crippen LogP contribution >= 0.6 is 0 Å². The SMILES string of the molecule is C=C1C(=O)OCCC1CCCC. The van der Waals surface area contributed by atoms with Crippen molar-refractivity contribution in [3.8, 4) is 0 Å². The van der Waals surface area contributed by atoms with Gasteiger partial charge in [0.1, 0.15) is 0 Å². The van der Waals surface area contributed by atoms with Gasteiger partial charge in [-0.1, -0.05) is 26.3 Å². The molecule has 12 heavy (non-hydrogen) atoms. The maximum atomic E-state index is 11.0. The Hall–Kier alpha value is -0.790. The van der Waals surface area contributed by atoms with Crippen molar-refractivity contribution in [1.29, 1.82) is 0 Å². The predicted octanol–water partition coefficient (Wildman–Crippen LogP) is 2.30.